The molecule has 2 amide bonds. The average Bonchev–Trinajstić information content (AvgIpc) is 3.41. The van der Waals surface area contributed by atoms with Gasteiger partial charge >= 0.3 is 0 Å². The molecule has 206 valence electrons. The van der Waals surface area contributed by atoms with Crippen LogP contribution < -0.4 is 14.9 Å². The third-order valence-corrected chi connectivity index (χ3v) is 8.94. The average molecular weight is 541 g/mol. The molecule has 38 heavy (non-hydrogen) atoms. The molecule has 2 aromatic carbocycles. The number of anilines is 2. The van der Waals surface area contributed by atoms with Gasteiger partial charge in [0.05, 0.1) is 29.7 Å². The summed E-state index contributed by atoms with van der Waals surface area (Å²) in [5.41, 5.74) is 2.00. The first kappa shape index (κ1) is 28.1. The number of benzene rings is 2. The second-order valence-corrected chi connectivity index (χ2v) is 12.4. The van der Waals surface area contributed by atoms with E-state index in [0.29, 0.717) is 17.9 Å². The first-order valence-electron chi connectivity index (χ1n) is 13.6. The summed E-state index contributed by atoms with van der Waals surface area (Å²) in [6.07, 6.45) is 8.00. The van der Waals surface area contributed by atoms with Crippen LogP contribution in [0.25, 0.3) is 0 Å². The van der Waals surface area contributed by atoms with E-state index in [9.17, 15) is 18.0 Å². The highest BCUT2D eigenvalue weighted by molar-refractivity contribution is 7.92. The molecule has 1 saturated carbocycles. The largest absolute Gasteiger partial charge is 0.343 e. The van der Waals surface area contributed by atoms with Gasteiger partial charge in [0, 0.05) is 6.54 Å². The Labute approximate surface area is 226 Å². The number of carbonyl (C=O) groups is 2. The predicted molar refractivity (Wildman–Crippen MR) is 151 cm³/mol. The molecule has 2 aliphatic rings. The summed E-state index contributed by atoms with van der Waals surface area (Å²) in [6, 6.07) is 15.3. The number of rotatable bonds is 9. The number of likely N-dealkylation sites (N-methyl/N-ethyl adjacent to an activating group) is 1. The molecule has 1 aliphatic heterocycles. The minimum absolute atomic E-state index is 0.0375. The van der Waals surface area contributed by atoms with Gasteiger partial charge in [-0.25, -0.2) is 12.7 Å². The van der Waals surface area contributed by atoms with Crippen LogP contribution >= 0.6 is 0 Å². The van der Waals surface area contributed by atoms with Gasteiger partial charge in [0.25, 0.3) is 0 Å². The highest BCUT2D eigenvalue weighted by atomic mass is 32.2. The quantitative estimate of drug-likeness (QED) is 0.499. The lowest BCUT2D eigenvalue weighted by atomic mass is 9.83. The van der Waals surface area contributed by atoms with Crippen molar-refractivity contribution in [3.63, 3.8) is 0 Å². The fourth-order valence-electron chi connectivity index (χ4n) is 5.77. The molecule has 3 atom stereocenters. The second-order valence-electron chi connectivity index (χ2n) is 10.5. The zero-order valence-electron chi connectivity index (χ0n) is 22.6. The van der Waals surface area contributed by atoms with Crippen molar-refractivity contribution in [1.29, 1.82) is 0 Å². The van der Waals surface area contributed by atoms with Crippen molar-refractivity contribution in [1.82, 2.24) is 15.5 Å². The third kappa shape index (κ3) is 6.38. The van der Waals surface area contributed by atoms with E-state index in [1.165, 1.54) is 10.6 Å². The number of carbonyl (C=O) groups excluding carboxylic acids is 2. The Morgan fingerprint density at radius 2 is 1.63 bits per heavy atom. The van der Waals surface area contributed by atoms with E-state index in [-0.39, 0.29) is 29.8 Å². The van der Waals surface area contributed by atoms with Crippen LogP contribution in [0.4, 0.5) is 11.4 Å². The highest BCUT2D eigenvalue weighted by Gasteiger charge is 2.39. The van der Waals surface area contributed by atoms with Crippen LogP contribution in [0.15, 0.2) is 54.6 Å². The van der Waals surface area contributed by atoms with Gasteiger partial charge < -0.3 is 15.5 Å². The molecule has 1 saturated heterocycles. The molecule has 1 heterocycles. The van der Waals surface area contributed by atoms with E-state index < -0.39 is 16.1 Å². The second kappa shape index (κ2) is 12.3. The monoisotopic (exact) mass is 540 g/mol. The molecule has 0 spiro atoms. The van der Waals surface area contributed by atoms with E-state index in [4.69, 9.17) is 0 Å². The molecule has 1 aliphatic carbocycles. The van der Waals surface area contributed by atoms with E-state index in [2.05, 4.69) is 10.6 Å². The zero-order chi connectivity index (χ0) is 27.3. The summed E-state index contributed by atoms with van der Waals surface area (Å²) in [5, 5.41) is 6.04. The van der Waals surface area contributed by atoms with Crippen LogP contribution in [-0.2, 0) is 19.6 Å². The van der Waals surface area contributed by atoms with Crippen LogP contribution in [0.5, 0.6) is 0 Å². The number of likely N-dealkylation sites (tertiary alicyclic amines) is 1. The van der Waals surface area contributed by atoms with Gasteiger partial charge in [-0.15, -0.1) is 0 Å². The molecule has 2 aromatic rings. The fourth-order valence-corrected chi connectivity index (χ4v) is 6.77. The van der Waals surface area contributed by atoms with Gasteiger partial charge in [-0.05, 0) is 75.4 Å². The molecule has 8 nitrogen and oxygen atoms in total. The van der Waals surface area contributed by atoms with Crippen molar-refractivity contribution in [2.24, 2.45) is 5.92 Å². The van der Waals surface area contributed by atoms with Crippen LogP contribution in [0.3, 0.4) is 0 Å². The lowest BCUT2D eigenvalue weighted by Crippen LogP contribution is -2.55. The summed E-state index contributed by atoms with van der Waals surface area (Å²) in [4.78, 5) is 28.8. The smallest absolute Gasteiger partial charge is 0.245 e. The molecule has 0 aromatic heterocycles. The maximum absolute atomic E-state index is 14.1. The molecule has 9 heteroatoms. The molecule has 2 fully saturated rings. The predicted octanol–water partition coefficient (Wildman–Crippen LogP) is 4.12. The maximum atomic E-state index is 14.1. The SMILES string of the molecule is CN[C@@H](C)C(=O)N[C@H](C(=O)N1CCC[C@H]1c1cccc(N(c2ccccc2)S(C)(=O)=O)c1)C1CCCCC1. The van der Waals surface area contributed by atoms with Crippen LogP contribution in [0.1, 0.15) is 63.5 Å². The first-order valence-corrected chi connectivity index (χ1v) is 15.5. The van der Waals surface area contributed by atoms with Gasteiger partial charge in [0.2, 0.25) is 21.8 Å². The van der Waals surface area contributed by atoms with Gasteiger partial charge in [-0.1, -0.05) is 49.6 Å². The number of nitrogens with one attached hydrogen (secondary N) is 2. The number of para-hydroxylation sites is 1. The van der Waals surface area contributed by atoms with Gasteiger partial charge in [-0.3, -0.25) is 9.59 Å². The Morgan fingerprint density at radius 3 is 2.29 bits per heavy atom. The molecule has 0 bridgehead atoms. The number of nitrogens with zero attached hydrogens (tertiary/aromatic N) is 2. The third-order valence-electron chi connectivity index (χ3n) is 7.86. The van der Waals surface area contributed by atoms with Crippen molar-refractivity contribution in [3.05, 3.63) is 60.2 Å². The van der Waals surface area contributed by atoms with Gasteiger partial charge in [0.15, 0.2) is 0 Å². The lowest BCUT2D eigenvalue weighted by Gasteiger charge is -2.35. The molecule has 2 N–H and O–H groups in total. The normalized spacial score (nSPS) is 20.1. The Hall–Kier alpha value is -2.91. The Morgan fingerprint density at radius 1 is 0.947 bits per heavy atom. The Kier molecular flexibility index (Phi) is 9.10. The van der Waals surface area contributed by atoms with Crippen LogP contribution in [0.2, 0.25) is 0 Å². The van der Waals surface area contributed by atoms with E-state index in [0.717, 1.165) is 50.5 Å². The van der Waals surface area contributed by atoms with Gasteiger partial charge in [-0.2, -0.15) is 0 Å². The van der Waals surface area contributed by atoms with Crippen molar-refractivity contribution in [3.8, 4) is 0 Å². The minimum atomic E-state index is -3.59. The minimum Gasteiger partial charge on any atom is -0.343 e. The molecule has 0 radical (unpaired) electrons. The highest BCUT2D eigenvalue weighted by Crippen LogP contribution is 2.37. The van der Waals surface area contributed by atoms with Gasteiger partial charge in [0.1, 0.15) is 6.04 Å². The topological polar surface area (TPSA) is 98.8 Å². The zero-order valence-corrected chi connectivity index (χ0v) is 23.4. The molecular weight excluding hydrogens is 500 g/mol. The number of sulfonamides is 1. The van der Waals surface area contributed by atoms with E-state index in [1.807, 2.05) is 41.3 Å². The molecule has 4 rings (SSSR count). The number of hydrogen-bond acceptors (Lipinski definition) is 5. The fraction of sp³-hybridized carbons (Fsp3) is 0.517. The van der Waals surface area contributed by atoms with Crippen LogP contribution in [0, 0.1) is 5.92 Å². The van der Waals surface area contributed by atoms with E-state index >= 15 is 0 Å². The molecular formula is C29H40N4O4S. The Balaban J connectivity index is 1.63. The van der Waals surface area contributed by atoms with Crippen molar-refractivity contribution in [2.75, 3.05) is 24.2 Å². The Bertz CT molecular complexity index is 1210. The number of hydrogen-bond donors (Lipinski definition) is 2. The summed E-state index contributed by atoms with van der Waals surface area (Å²) in [6.45, 7) is 2.41. The van der Waals surface area contributed by atoms with E-state index in [1.54, 1.807) is 32.2 Å². The standard InChI is InChI=1S/C29H40N4O4S/c1-21(30-2)28(34)31-27(22-12-6-4-7-13-22)29(35)32-19-11-18-26(32)23-14-10-17-25(20-23)33(38(3,36)37)24-15-8-5-9-16-24/h5,8-10,14-17,20-22,26-27,30H,4,6-7,11-13,18-19H2,1-3H3,(H,31,34)/t21-,26-,27-/m0/s1. The maximum Gasteiger partial charge on any atom is 0.245 e. The summed E-state index contributed by atoms with van der Waals surface area (Å²) < 4.78 is 26.9. The first-order chi connectivity index (χ1) is 18.2. The van der Waals surface area contributed by atoms with Crippen molar-refractivity contribution >= 4 is 33.2 Å². The summed E-state index contributed by atoms with van der Waals surface area (Å²) >= 11 is 0. The number of amides is 2. The summed E-state index contributed by atoms with van der Waals surface area (Å²) in [7, 11) is -1.86. The lowest BCUT2D eigenvalue weighted by molar-refractivity contribution is -0.139. The van der Waals surface area contributed by atoms with Crippen molar-refractivity contribution < 1.29 is 18.0 Å². The summed E-state index contributed by atoms with van der Waals surface area (Å²) in [5.74, 6) is -0.0824. The van der Waals surface area contributed by atoms with Crippen LogP contribution in [-0.4, -0.2) is 57.1 Å². The molecule has 0 unspecified atom stereocenters. The van der Waals surface area contributed by atoms with Crippen molar-refractivity contribution in [2.45, 2.75) is 70.0 Å².